The summed E-state index contributed by atoms with van der Waals surface area (Å²) in [5, 5.41) is 0. The number of hydrogen-bond donors (Lipinski definition) is 0. The maximum atomic E-state index is 0. The Bertz CT molecular complexity index is 22.0. The smallest absolute Gasteiger partial charge is 1.00 e. The molecule has 0 aromatic carbocycles. The fourth-order valence-electron chi connectivity index (χ4n) is 0. The molecule has 0 amide bonds. The van der Waals surface area contributed by atoms with E-state index in [1.165, 1.54) is 0 Å². The van der Waals surface area contributed by atoms with Gasteiger partial charge in [-0.1, -0.05) is 0 Å². The minimum Gasteiger partial charge on any atom is -1.00 e. The summed E-state index contributed by atoms with van der Waals surface area (Å²) < 4.78 is 0. The monoisotopic (exact) mass is 284 g/mol. The number of rotatable bonds is 0. The van der Waals surface area contributed by atoms with Crippen LogP contribution in [-0.2, 0) is 68.6 Å². The van der Waals surface area contributed by atoms with Crippen molar-refractivity contribution in [2.75, 3.05) is 0 Å². The second-order valence-electron chi connectivity index (χ2n) is 0. The Hall–Kier alpha value is 3.07. The van der Waals surface area contributed by atoms with Gasteiger partial charge in [-0.25, -0.2) is 0 Å². The van der Waals surface area contributed by atoms with Crippen LogP contribution in [0.3, 0.4) is 0 Å². The predicted octanol–water partition coefficient (Wildman–Crippen LogP) is -1.62. The van der Waals surface area contributed by atoms with Crippen LogP contribution in [0.4, 0.5) is 0 Å². The van der Waals surface area contributed by atoms with Gasteiger partial charge in [-0.2, -0.15) is 0 Å². The van der Waals surface area contributed by atoms with E-state index >= 15 is 0 Å². The van der Waals surface area contributed by atoms with E-state index in [9.17, 15) is 0 Å². The molecule has 0 aliphatic rings. The molecule has 0 aliphatic heterocycles. The standard InChI is InChI=1S/Cr.Cu.Fe.Mg.Mn.H4Si.2H/h;;;;;1H4;;/q;;;+2;;;2*-1. The molecule has 0 nitrogen and oxygen atoms in total. The average Bonchev–Trinajstić information content (AvgIpc) is 0. The molecule has 44 valence electrons. The molecule has 0 saturated heterocycles. The molecule has 2 radical (unpaired) electrons. The predicted molar refractivity (Wildman–Crippen MR) is 19.3 cm³/mol. The second kappa shape index (κ2) is 42.8. The van der Waals surface area contributed by atoms with Crippen molar-refractivity contribution >= 4 is 34.0 Å². The zero-order chi connectivity index (χ0) is 0. The van der Waals surface area contributed by atoms with E-state index in [0.717, 1.165) is 0 Å². The van der Waals surface area contributed by atoms with E-state index in [2.05, 4.69) is 0 Å². The van der Waals surface area contributed by atoms with Crippen LogP contribution in [0.1, 0.15) is 2.85 Å². The molecule has 6 heteroatoms. The van der Waals surface area contributed by atoms with Crippen LogP contribution in [0.2, 0.25) is 0 Å². The fourth-order valence-corrected chi connectivity index (χ4v) is 0. The zero-order valence-corrected chi connectivity index (χ0v) is 8.06. The SMILES string of the molecule is [Cr].[Cu].[Fe].[H-].[H-].[Mg+2].[Mn].[SiH4]. The van der Waals surface area contributed by atoms with Crippen LogP contribution in [0.25, 0.3) is 0 Å². The Kier molecular flexibility index (Phi) is 446. The van der Waals surface area contributed by atoms with Crippen molar-refractivity contribution in [3.05, 3.63) is 0 Å². The van der Waals surface area contributed by atoms with Crippen molar-refractivity contribution in [1.82, 2.24) is 0 Å². The van der Waals surface area contributed by atoms with Crippen molar-refractivity contribution in [3.8, 4) is 0 Å². The van der Waals surface area contributed by atoms with Crippen molar-refractivity contribution in [2.24, 2.45) is 0 Å². The van der Waals surface area contributed by atoms with Crippen LogP contribution < -0.4 is 0 Å². The van der Waals surface area contributed by atoms with Crippen LogP contribution in [0.15, 0.2) is 0 Å². The van der Waals surface area contributed by atoms with Gasteiger partial charge in [0.15, 0.2) is 0 Å². The molecule has 0 aliphatic carbocycles. The van der Waals surface area contributed by atoms with Crippen LogP contribution in [0, 0.1) is 0 Å². The molecule has 0 bridgehead atoms. The van der Waals surface area contributed by atoms with Gasteiger partial charge in [-0.05, 0) is 11.0 Å². The molecule has 0 rings (SSSR count). The third kappa shape index (κ3) is 27.6. The molecule has 0 fully saturated rings. The summed E-state index contributed by atoms with van der Waals surface area (Å²) in [7, 11) is 0. The van der Waals surface area contributed by atoms with E-state index in [4.69, 9.17) is 0 Å². The fraction of sp³-hybridized carbons (Fsp3) is 0. The maximum absolute atomic E-state index is 0. The molecule has 0 atom stereocenters. The van der Waals surface area contributed by atoms with Crippen molar-refractivity contribution in [3.63, 3.8) is 0 Å². The normalized spacial score (nSPS) is 0. The molecule has 0 aromatic rings. The average molecular weight is 285 g/mol. The minimum atomic E-state index is 0. The summed E-state index contributed by atoms with van der Waals surface area (Å²) in [6, 6.07) is 0. The third-order valence-corrected chi connectivity index (χ3v) is 0. The second-order valence-corrected chi connectivity index (χ2v) is 0. The summed E-state index contributed by atoms with van der Waals surface area (Å²) in [6.07, 6.45) is 0. The Labute approximate surface area is 104 Å². The zero-order valence-electron chi connectivity index (χ0n) is 4.15. The number of hydrogen-bond acceptors (Lipinski definition) is 0. The molecular formula is H6CrCuFeMgMnSi. The quantitative estimate of drug-likeness (QED) is 0.469. The largest absolute Gasteiger partial charge is 2.00 e. The van der Waals surface area contributed by atoms with Crippen LogP contribution in [0.5, 0.6) is 0 Å². The van der Waals surface area contributed by atoms with Gasteiger partial charge in [-0.15, -0.1) is 0 Å². The van der Waals surface area contributed by atoms with E-state index in [1.54, 1.807) is 0 Å². The summed E-state index contributed by atoms with van der Waals surface area (Å²) in [4.78, 5) is 0. The summed E-state index contributed by atoms with van der Waals surface area (Å²) in [6.45, 7) is 0. The van der Waals surface area contributed by atoms with Crippen LogP contribution >= 0.6 is 0 Å². The molecule has 0 heterocycles. The summed E-state index contributed by atoms with van der Waals surface area (Å²) in [5.41, 5.74) is 0. The molecule has 6 heavy (non-hydrogen) atoms. The first kappa shape index (κ1) is 62.6. The molecule has 0 N–H and O–H groups in total. The Morgan fingerprint density at radius 2 is 1.17 bits per heavy atom. The van der Waals surface area contributed by atoms with E-state index in [-0.39, 0.29) is 105 Å². The Morgan fingerprint density at radius 1 is 1.17 bits per heavy atom. The molecule has 0 saturated carbocycles. The molecule has 0 spiro atoms. The van der Waals surface area contributed by atoms with Gasteiger partial charge in [0, 0.05) is 68.6 Å². The van der Waals surface area contributed by atoms with Crippen molar-refractivity contribution in [1.29, 1.82) is 0 Å². The molecule has 0 aromatic heterocycles. The summed E-state index contributed by atoms with van der Waals surface area (Å²) >= 11 is 0. The maximum Gasteiger partial charge on any atom is 2.00 e. The minimum absolute atomic E-state index is 0. The third-order valence-electron chi connectivity index (χ3n) is 0. The first-order valence-corrected chi connectivity index (χ1v) is 0. The Morgan fingerprint density at radius 3 is 1.17 bits per heavy atom. The topological polar surface area (TPSA) is 0 Å². The Balaban J connectivity index is 0. The van der Waals surface area contributed by atoms with Gasteiger partial charge < -0.3 is 2.85 Å². The molecular weight excluding hydrogens is 279 g/mol. The van der Waals surface area contributed by atoms with Crippen molar-refractivity contribution < 1.29 is 71.4 Å². The van der Waals surface area contributed by atoms with Gasteiger partial charge in [0.1, 0.15) is 0 Å². The van der Waals surface area contributed by atoms with E-state index < -0.39 is 0 Å². The first-order chi connectivity index (χ1) is 0. The van der Waals surface area contributed by atoms with Gasteiger partial charge >= 0.3 is 23.1 Å². The van der Waals surface area contributed by atoms with Gasteiger partial charge in [0.25, 0.3) is 0 Å². The van der Waals surface area contributed by atoms with Gasteiger partial charge in [-0.3, -0.25) is 0 Å². The van der Waals surface area contributed by atoms with Gasteiger partial charge in [0.2, 0.25) is 0 Å². The van der Waals surface area contributed by atoms with Gasteiger partial charge in [0.05, 0.1) is 0 Å². The molecule has 0 unspecified atom stereocenters. The summed E-state index contributed by atoms with van der Waals surface area (Å²) in [5.74, 6) is 0. The first-order valence-electron chi connectivity index (χ1n) is 0. The van der Waals surface area contributed by atoms with E-state index in [1.807, 2.05) is 0 Å². The van der Waals surface area contributed by atoms with Crippen LogP contribution in [-0.4, -0.2) is 34.0 Å². The van der Waals surface area contributed by atoms with Crippen molar-refractivity contribution in [2.45, 2.75) is 0 Å². The van der Waals surface area contributed by atoms with E-state index in [0.29, 0.717) is 0 Å².